The number of carbonyl (C=O) groups is 1. The van der Waals surface area contributed by atoms with Gasteiger partial charge in [0.25, 0.3) is 0 Å². The van der Waals surface area contributed by atoms with Gasteiger partial charge < -0.3 is 24.7 Å². The van der Waals surface area contributed by atoms with Crippen LogP contribution in [-0.2, 0) is 9.53 Å². The van der Waals surface area contributed by atoms with E-state index >= 15 is 0 Å². The maximum Gasteiger partial charge on any atom is 0.250 e. The number of nitrogens with one attached hydrogen (secondary N) is 2. The number of pyridine rings is 1. The second-order valence-electron chi connectivity index (χ2n) is 8.64. The van der Waals surface area contributed by atoms with E-state index < -0.39 is 0 Å². The summed E-state index contributed by atoms with van der Waals surface area (Å²) in [7, 11) is 1.48. The number of benzene rings is 2. The molecule has 5 rings (SSSR count). The van der Waals surface area contributed by atoms with Crippen molar-refractivity contribution < 1.29 is 13.9 Å². The number of anilines is 2. The Morgan fingerprint density at radius 1 is 1.14 bits per heavy atom. The molecule has 188 valence electrons. The van der Waals surface area contributed by atoms with Crippen molar-refractivity contribution in [1.29, 1.82) is 0 Å². The summed E-state index contributed by atoms with van der Waals surface area (Å²) < 4.78 is 11.3. The van der Waals surface area contributed by atoms with Crippen LogP contribution in [0, 0.1) is 6.92 Å². The molecule has 0 aliphatic carbocycles. The molecule has 1 amide bonds. The van der Waals surface area contributed by atoms with Gasteiger partial charge in [-0.1, -0.05) is 29.8 Å². The van der Waals surface area contributed by atoms with Gasteiger partial charge in [-0.3, -0.25) is 9.78 Å². The Balaban J connectivity index is 1.52. The zero-order valence-electron chi connectivity index (χ0n) is 20.3. The summed E-state index contributed by atoms with van der Waals surface area (Å²) in [5, 5.41) is 7.47. The van der Waals surface area contributed by atoms with Crippen LogP contribution >= 0.6 is 23.8 Å². The van der Waals surface area contributed by atoms with Crippen LogP contribution in [-0.4, -0.2) is 29.7 Å². The Bertz CT molecular complexity index is 1430. The van der Waals surface area contributed by atoms with Crippen LogP contribution in [0.15, 0.2) is 83.4 Å². The van der Waals surface area contributed by atoms with Gasteiger partial charge in [-0.15, -0.1) is 0 Å². The van der Waals surface area contributed by atoms with Crippen molar-refractivity contribution in [2.45, 2.75) is 19.0 Å². The highest BCUT2D eigenvalue weighted by Gasteiger charge is 2.42. The lowest BCUT2D eigenvalue weighted by molar-refractivity contribution is -0.119. The minimum atomic E-state index is -0.301. The lowest BCUT2D eigenvalue weighted by atomic mass is 10.0. The molecule has 3 heterocycles. The van der Waals surface area contributed by atoms with Crippen LogP contribution in [0.1, 0.15) is 29.1 Å². The summed E-state index contributed by atoms with van der Waals surface area (Å²) in [6.07, 6.45) is 1.76. The first-order valence-electron chi connectivity index (χ1n) is 11.7. The number of hydrogen-bond donors (Lipinski definition) is 2. The topological polar surface area (TPSA) is 79.6 Å². The van der Waals surface area contributed by atoms with Crippen molar-refractivity contribution in [2.24, 2.45) is 0 Å². The van der Waals surface area contributed by atoms with Gasteiger partial charge in [0, 0.05) is 35.3 Å². The Hall–Kier alpha value is -3.72. The van der Waals surface area contributed by atoms with Crippen molar-refractivity contribution in [3.8, 4) is 11.3 Å². The van der Waals surface area contributed by atoms with E-state index in [0.29, 0.717) is 15.8 Å². The fraction of sp³-hybridized carbons (Fsp3) is 0.179. The highest BCUT2D eigenvalue weighted by molar-refractivity contribution is 7.80. The zero-order chi connectivity index (χ0) is 25.9. The first-order chi connectivity index (χ1) is 18.0. The Morgan fingerprint density at radius 2 is 1.95 bits per heavy atom. The summed E-state index contributed by atoms with van der Waals surface area (Å²) in [6.45, 7) is 1.96. The largest absolute Gasteiger partial charge is 0.459 e. The highest BCUT2D eigenvalue weighted by atomic mass is 35.5. The third-order valence-electron chi connectivity index (χ3n) is 6.25. The van der Waals surface area contributed by atoms with Gasteiger partial charge >= 0.3 is 0 Å². The first-order valence-corrected chi connectivity index (χ1v) is 12.5. The van der Waals surface area contributed by atoms with E-state index in [1.807, 2.05) is 84.6 Å². The number of aromatic nitrogens is 1. The lowest BCUT2D eigenvalue weighted by Gasteiger charge is -2.26. The van der Waals surface area contributed by atoms with E-state index in [1.165, 1.54) is 7.11 Å². The Morgan fingerprint density at radius 3 is 2.68 bits per heavy atom. The van der Waals surface area contributed by atoms with Gasteiger partial charge in [-0.2, -0.15) is 0 Å². The van der Waals surface area contributed by atoms with Gasteiger partial charge in [0.2, 0.25) is 5.91 Å². The molecule has 1 fully saturated rings. The van der Waals surface area contributed by atoms with E-state index in [9.17, 15) is 4.79 Å². The number of methoxy groups -OCH3 is 1. The summed E-state index contributed by atoms with van der Waals surface area (Å²) in [5.74, 6) is 1.24. The summed E-state index contributed by atoms with van der Waals surface area (Å²) in [4.78, 5) is 18.5. The number of rotatable bonds is 7. The minimum absolute atomic E-state index is 0.0113. The molecular formula is C28H25ClN4O3S. The number of nitrogens with zero attached hydrogens (tertiary/aromatic N) is 2. The number of carbonyl (C=O) groups excluding carboxylic acids is 1. The molecule has 37 heavy (non-hydrogen) atoms. The number of furan rings is 1. The molecule has 1 aliphatic heterocycles. The Kier molecular flexibility index (Phi) is 7.23. The average molecular weight is 533 g/mol. The molecule has 2 aromatic carbocycles. The zero-order valence-corrected chi connectivity index (χ0v) is 21.8. The van der Waals surface area contributed by atoms with Gasteiger partial charge in [0.1, 0.15) is 24.2 Å². The van der Waals surface area contributed by atoms with E-state index in [2.05, 4.69) is 15.6 Å². The smallest absolute Gasteiger partial charge is 0.250 e. The average Bonchev–Trinajstić information content (AvgIpc) is 3.51. The molecule has 1 aliphatic rings. The normalized spacial score (nSPS) is 17.1. The molecule has 2 atom stereocenters. The molecule has 0 spiro atoms. The fourth-order valence-corrected chi connectivity index (χ4v) is 5.01. The Labute approximate surface area is 225 Å². The SMILES string of the molecule is COCC(=O)Nc1ccc(N2C(=S)N[C@@H](c3ccccn3)[C@@H]2c2ccc(-c3cccc(Cl)c3C)o2)cc1. The second kappa shape index (κ2) is 10.7. The number of ether oxygens (including phenoxy) is 1. The van der Waals surface area contributed by atoms with E-state index in [-0.39, 0.29) is 24.6 Å². The molecular weight excluding hydrogens is 508 g/mol. The summed E-state index contributed by atoms with van der Waals surface area (Å²) >= 11 is 12.2. The molecule has 1 saturated heterocycles. The van der Waals surface area contributed by atoms with Crippen LogP contribution in [0.4, 0.5) is 11.4 Å². The van der Waals surface area contributed by atoms with Crippen LogP contribution in [0.25, 0.3) is 11.3 Å². The van der Waals surface area contributed by atoms with Gasteiger partial charge in [0.15, 0.2) is 5.11 Å². The number of hydrogen-bond acceptors (Lipinski definition) is 5. The fourth-order valence-electron chi connectivity index (χ4n) is 4.49. The van der Waals surface area contributed by atoms with E-state index in [0.717, 1.165) is 34.0 Å². The molecule has 2 aromatic heterocycles. The molecule has 0 unspecified atom stereocenters. The third-order valence-corrected chi connectivity index (χ3v) is 6.98. The van der Waals surface area contributed by atoms with Crippen molar-refractivity contribution in [2.75, 3.05) is 23.9 Å². The van der Waals surface area contributed by atoms with Gasteiger partial charge in [-0.25, -0.2) is 0 Å². The standard InChI is InChI=1S/C28H25ClN4O3S/c1-17-20(6-5-7-21(17)29)23-13-14-24(36-23)27-26(22-8-3-4-15-30-22)32-28(37)33(27)19-11-9-18(10-12-19)31-25(34)16-35-2/h3-15,26-27H,16H2,1-2H3,(H,31,34)(H,32,37)/t26-,27-/m0/s1. The number of thiocarbonyl (C=S) groups is 1. The van der Waals surface area contributed by atoms with Crippen LogP contribution in [0.3, 0.4) is 0 Å². The second-order valence-corrected chi connectivity index (χ2v) is 9.43. The number of halogens is 1. The third kappa shape index (κ3) is 5.09. The first kappa shape index (κ1) is 25.0. The summed E-state index contributed by atoms with van der Waals surface area (Å²) in [6, 6.07) is 22.4. The highest BCUT2D eigenvalue weighted by Crippen LogP contribution is 2.43. The molecule has 2 N–H and O–H groups in total. The van der Waals surface area contributed by atoms with E-state index in [1.54, 1.807) is 6.20 Å². The lowest BCUT2D eigenvalue weighted by Crippen LogP contribution is -2.29. The molecule has 0 saturated carbocycles. The number of amides is 1. The van der Waals surface area contributed by atoms with Crippen LogP contribution in [0.5, 0.6) is 0 Å². The molecule has 4 aromatic rings. The molecule has 7 nitrogen and oxygen atoms in total. The minimum Gasteiger partial charge on any atom is -0.459 e. The molecule has 9 heteroatoms. The monoisotopic (exact) mass is 532 g/mol. The van der Waals surface area contributed by atoms with Gasteiger partial charge in [0.05, 0.1) is 11.7 Å². The maximum atomic E-state index is 11.9. The molecule has 0 bridgehead atoms. The van der Waals surface area contributed by atoms with Crippen LogP contribution in [0.2, 0.25) is 5.02 Å². The predicted octanol–water partition coefficient (Wildman–Crippen LogP) is 6.07. The maximum absolute atomic E-state index is 11.9. The van der Waals surface area contributed by atoms with Crippen LogP contribution < -0.4 is 15.5 Å². The van der Waals surface area contributed by atoms with Crippen molar-refractivity contribution >= 4 is 46.2 Å². The molecule has 0 radical (unpaired) electrons. The van der Waals surface area contributed by atoms with E-state index in [4.69, 9.17) is 33.0 Å². The quantitative estimate of drug-likeness (QED) is 0.280. The van der Waals surface area contributed by atoms with Gasteiger partial charge in [-0.05, 0) is 79.3 Å². The van der Waals surface area contributed by atoms with Crippen molar-refractivity contribution in [3.63, 3.8) is 0 Å². The summed E-state index contributed by atoms with van der Waals surface area (Å²) in [5.41, 5.74) is 4.25. The van der Waals surface area contributed by atoms with Crippen molar-refractivity contribution in [3.05, 3.63) is 101 Å². The van der Waals surface area contributed by atoms with Crippen molar-refractivity contribution in [1.82, 2.24) is 10.3 Å². The predicted molar refractivity (Wildman–Crippen MR) is 149 cm³/mol.